The lowest BCUT2D eigenvalue weighted by Gasteiger charge is -2.12. The van der Waals surface area contributed by atoms with Crippen LogP contribution in [0.15, 0.2) is 61.2 Å². The fourth-order valence-corrected chi connectivity index (χ4v) is 3.80. The summed E-state index contributed by atoms with van der Waals surface area (Å²) in [6, 6.07) is 11.9. The lowest BCUT2D eigenvalue weighted by molar-refractivity contribution is -0.123. The SMILES string of the molecule is CC(C)NC(=O)COc1cc(F)cc(-c2nc(Nc3ccc(-c4cn[nH]c4)cc3)c3ncn(C)c3n2)c1. The summed E-state index contributed by atoms with van der Waals surface area (Å²) in [4.78, 5) is 25.6. The molecule has 0 aliphatic heterocycles. The number of nitrogens with one attached hydrogen (secondary N) is 3. The van der Waals surface area contributed by atoms with Gasteiger partial charge in [0, 0.05) is 42.2 Å². The van der Waals surface area contributed by atoms with Crippen molar-refractivity contribution >= 4 is 28.6 Å². The summed E-state index contributed by atoms with van der Waals surface area (Å²) in [5, 5.41) is 12.8. The number of aromatic amines is 1. The molecule has 1 amide bonds. The number of aromatic nitrogens is 6. The van der Waals surface area contributed by atoms with Crippen molar-refractivity contribution in [2.24, 2.45) is 7.05 Å². The van der Waals surface area contributed by atoms with Crippen molar-refractivity contribution in [1.29, 1.82) is 0 Å². The van der Waals surface area contributed by atoms with E-state index in [1.54, 1.807) is 23.2 Å². The van der Waals surface area contributed by atoms with E-state index in [1.165, 1.54) is 12.1 Å². The van der Waals surface area contributed by atoms with Crippen molar-refractivity contribution in [1.82, 2.24) is 35.0 Å². The molecule has 11 heteroatoms. The Balaban J connectivity index is 1.45. The van der Waals surface area contributed by atoms with E-state index >= 15 is 0 Å². The molecule has 0 aliphatic rings. The van der Waals surface area contributed by atoms with Crippen LogP contribution in [0.4, 0.5) is 15.9 Å². The van der Waals surface area contributed by atoms with Gasteiger partial charge in [0.1, 0.15) is 11.6 Å². The predicted octanol–water partition coefficient (Wildman–Crippen LogP) is 4.21. The second-order valence-corrected chi connectivity index (χ2v) is 8.80. The highest BCUT2D eigenvalue weighted by atomic mass is 19.1. The van der Waals surface area contributed by atoms with E-state index in [1.807, 2.05) is 51.4 Å². The van der Waals surface area contributed by atoms with Gasteiger partial charge in [-0.05, 0) is 43.7 Å². The molecule has 0 spiro atoms. The zero-order valence-corrected chi connectivity index (χ0v) is 20.5. The molecule has 2 aromatic carbocycles. The number of rotatable bonds is 8. The first kappa shape index (κ1) is 23.9. The van der Waals surface area contributed by atoms with Crippen LogP contribution in [0.1, 0.15) is 13.8 Å². The average molecular weight is 501 g/mol. The number of hydrogen-bond acceptors (Lipinski definition) is 7. The van der Waals surface area contributed by atoms with Gasteiger partial charge in [0.25, 0.3) is 5.91 Å². The monoisotopic (exact) mass is 500 g/mol. The molecule has 37 heavy (non-hydrogen) atoms. The third-order valence-electron chi connectivity index (χ3n) is 5.49. The molecule has 0 aliphatic carbocycles. The lowest BCUT2D eigenvalue weighted by Crippen LogP contribution is -2.34. The molecule has 5 aromatic rings. The molecule has 0 saturated carbocycles. The summed E-state index contributed by atoms with van der Waals surface area (Å²) in [7, 11) is 1.82. The normalized spacial score (nSPS) is 11.2. The van der Waals surface area contributed by atoms with Crippen molar-refractivity contribution in [2.75, 3.05) is 11.9 Å². The second-order valence-electron chi connectivity index (χ2n) is 8.80. The predicted molar refractivity (Wildman–Crippen MR) is 138 cm³/mol. The van der Waals surface area contributed by atoms with E-state index in [4.69, 9.17) is 4.74 Å². The van der Waals surface area contributed by atoms with Gasteiger partial charge in [0.15, 0.2) is 29.4 Å². The topological polar surface area (TPSA) is 123 Å². The van der Waals surface area contributed by atoms with Gasteiger partial charge in [-0.1, -0.05) is 12.1 Å². The molecular weight excluding hydrogens is 475 g/mol. The Morgan fingerprint density at radius 1 is 1.11 bits per heavy atom. The zero-order chi connectivity index (χ0) is 25.9. The first-order chi connectivity index (χ1) is 17.9. The van der Waals surface area contributed by atoms with E-state index < -0.39 is 5.82 Å². The van der Waals surface area contributed by atoms with Crippen molar-refractivity contribution < 1.29 is 13.9 Å². The Morgan fingerprint density at radius 2 is 1.92 bits per heavy atom. The van der Waals surface area contributed by atoms with Crippen LogP contribution in [0.25, 0.3) is 33.7 Å². The van der Waals surface area contributed by atoms with Crippen molar-refractivity contribution in [3.8, 4) is 28.3 Å². The highest BCUT2D eigenvalue weighted by molar-refractivity contribution is 5.87. The van der Waals surface area contributed by atoms with Crippen LogP contribution < -0.4 is 15.4 Å². The first-order valence-electron chi connectivity index (χ1n) is 11.6. The van der Waals surface area contributed by atoms with E-state index in [0.717, 1.165) is 16.8 Å². The van der Waals surface area contributed by atoms with Crippen molar-refractivity contribution in [2.45, 2.75) is 19.9 Å². The highest BCUT2D eigenvalue weighted by Crippen LogP contribution is 2.29. The van der Waals surface area contributed by atoms with Crippen LogP contribution in [0.2, 0.25) is 0 Å². The molecule has 3 N–H and O–H groups in total. The smallest absolute Gasteiger partial charge is 0.258 e. The molecule has 3 aromatic heterocycles. The van der Waals surface area contributed by atoms with Crippen LogP contribution in [0, 0.1) is 5.82 Å². The fraction of sp³-hybridized carbons (Fsp3) is 0.192. The Kier molecular flexibility index (Phi) is 6.50. The number of amides is 1. The zero-order valence-electron chi connectivity index (χ0n) is 20.5. The maximum absolute atomic E-state index is 14.5. The molecular formula is C26H25FN8O2. The number of carbonyl (C=O) groups is 1. The largest absolute Gasteiger partial charge is 0.484 e. The number of benzene rings is 2. The Bertz CT molecular complexity index is 1550. The van der Waals surface area contributed by atoms with E-state index in [0.29, 0.717) is 22.5 Å². The minimum Gasteiger partial charge on any atom is -0.484 e. The minimum atomic E-state index is -0.533. The molecule has 188 valence electrons. The van der Waals surface area contributed by atoms with Crippen LogP contribution in [-0.2, 0) is 11.8 Å². The number of fused-ring (bicyclic) bond motifs is 1. The van der Waals surface area contributed by atoms with Gasteiger partial charge in [0.2, 0.25) is 0 Å². The van der Waals surface area contributed by atoms with Gasteiger partial charge in [-0.25, -0.2) is 19.3 Å². The van der Waals surface area contributed by atoms with E-state index in [-0.39, 0.29) is 30.1 Å². The van der Waals surface area contributed by atoms with Crippen molar-refractivity contribution in [3.05, 3.63) is 67.0 Å². The summed E-state index contributed by atoms with van der Waals surface area (Å²) < 4.78 is 21.8. The van der Waals surface area contributed by atoms with Crippen LogP contribution in [0.5, 0.6) is 5.75 Å². The molecule has 0 saturated heterocycles. The summed E-state index contributed by atoms with van der Waals surface area (Å²) in [6.07, 6.45) is 5.22. The first-order valence-corrected chi connectivity index (χ1v) is 11.6. The number of carbonyl (C=O) groups excluding carboxylic acids is 1. The quantitative estimate of drug-likeness (QED) is 0.292. The number of nitrogens with zero attached hydrogens (tertiary/aromatic N) is 5. The molecule has 0 fully saturated rings. The minimum absolute atomic E-state index is 0.0223. The van der Waals surface area contributed by atoms with Crippen LogP contribution >= 0.6 is 0 Å². The maximum atomic E-state index is 14.5. The average Bonchev–Trinajstić information content (AvgIpc) is 3.53. The molecule has 5 rings (SSSR count). The third kappa shape index (κ3) is 5.40. The summed E-state index contributed by atoms with van der Waals surface area (Å²) >= 11 is 0. The fourth-order valence-electron chi connectivity index (χ4n) is 3.80. The standard InChI is InChI=1S/C26H25FN8O2/c1-15(2)31-22(36)13-37-21-9-17(8-19(27)10-21)24-33-25(23-26(34-24)35(3)14-28-23)32-20-6-4-16(5-7-20)18-11-29-30-12-18/h4-12,14-15H,13H2,1-3H3,(H,29,30)(H,31,36)(H,32,33,34). The highest BCUT2D eigenvalue weighted by Gasteiger charge is 2.16. The van der Waals surface area contributed by atoms with E-state index in [2.05, 4.69) is 35.8 Å². The molecule has 3 heterocycles. The number of hydrogen-bond donors (Lipinski definition) is 3. The molecule has 0 bridgehead atoms. The van der Waals surface area contributed by atoms with Crippen LogP contribution in [-0.4, -0.2) is 48.3 Å². The van der Waals surface area contributed by atoms with Gasteiger partial charge in [-0.15, -0.1) is 0 Å². The summed E-state index contributed by atoms with van der Waals surface area (Å²) in [5.41, 5.74) is 4.34. The third-order valence-corrected chi connectivity index (χ3v) is 5.49. The second kappa shape index (κ2) is 10.1. The number of imidazole rings is 1. The number of anilines is 2. The maximum Gasteiger partial charge on any atom is 0.258 e. The van der Waals surface area contributed by atoms with Crippen LogP contribution in [0.3, 0.4) is 0 Å². The summed E-state index contributed by atoms with van der Waals surface area (Å²) in [5.74, 6) is 0.129. The number of aryl methyl sites for hydroxylation is 1. The van der Waals surface area contributed by atoms with Gasteiger partial charge in [0.05, 0.1) is 12.5 Å². The number of H-pyrrole nitrogens is 1. The van der Waals surface area contributed by atoms with Gasteiger partial charge in [-0.2, -0.15) is 5.10 Å². The van der Waals surface area contributed by atoms with Crippen molar-refractivity contribution in [3.63, 3.8) is 0 Å². The molecule has 10 nitrogen and oxygen atoms in total. The Labute approximate surface area is 211 Å². The molecule has 0 atom stereocenters. The molecule has 0 radical (unpaired) electrons. The Morgan fingerprint density at radius 3 is 2.65 bits per heavy atom. The Hall–Kier alpha value is -4.80. The van der Waals surface area contributed by atoms with Gasteiger partial charge < -0.3 is 19.9 Å². The number of ether oxygens (including phenoxy) is 1. The van der Waals surface area contributed by atoms with E-state index in [9.17, 15) is 9.18 Å². The van der Waals surface area contributed by atoms with Gasteiger partial charge in [-0.3, -0.25) is 9.89 Å². The van der Waals surface area contributed by atoms with Gasteiger partial charge >= 0.3 is 0 Å². The number of halogens is 1. The summed E-state index contributed by atoms with van der Waals surface area (Å²) in [6.45, 7) is 3.47. The lowest BCUT2D eigenvalue weighted by atomic mass is 10.1. The molecule has 0 unspecified atom stereocenters.